The minimum absolute atomic E-state index is 0.113. The molecule has 1 rings (SSSR count). The number of amides is 1. The zero-order valence-electron chi connectivity index (χ0n) is 47.9. The molecule has 1 amide bonds. The van der Waals surface area contributed by atoms with Gasteiger partial charge in [0.2, 0.25) is 5.91 Å². The van der Waals surface area contributed by atoms with Crippen molar-refractivity contribution in [3.05, 3.63) is 72.9 Å². The van der Waals surface area contributed by atoms with Crippen molar-refractivity contribution in [1.29, 1.82) is 0 Å². The van der Waals surface area contributed by atoms with Crippen molar-refractivity contribution in [3.8, 4) is 0 Å². The summed E-state index contributed by atoms with van der Waals surface area (Å²) in [6.45, 7) is 5.69. The molecule has 434 valence electrons. The molecule has 1 heterocycles. The van der Waals surface area contributed by atoms with Gasteiger partial charge < -0.3 is 45.1 Å². The molecule has 11 heteroatoms. The summed E-state index contributed by atoms with van der Waals surface area (Å²) in [5.74, 6) is -1.21. The summed E-state index contributed by atoms with van der Waals surface area (Å²) in [4.78, 5) is 26.4. The molecule has 75 heavy (non-hydrogen) atoms. The van der Waals surface area contributed by atoms with Crippen LogP contribution < -0.4 is 5.32 Å². The molecule has 0 aliphatic carbocycles. The standard InChI is InChI=1S/C64H113NO10/c1-4-7-10-13-16-19-22-23-24-25-26-27-28-29-30-31-32-33-34-35-37-40-43-46-49-52-59(69)75-62-61(71)60(70)58(53-66)74-64(62)73-54-55(56(67)50-47-44-41-39-36-20-17-14-11-8-5-2)65-63(72)57(68)51-48-45-42-38-21-18-15-12-9-6-3/h15-16,18-19,23-24,26-27,29-30,47,50,55-58,60-62,64,66-68,70-71H,4-14,17,20-22,25,28,31-46,48-49,51-54H2,1-3H3,(H,65,72)/b18-15-,19-16-,24-23-,27-26-,30-29-,50-47+. The van der Waals surface area contributed by atoms with Crippen LogP contribution >= 0.6 is 0 Å². The first-order valence-electron chi connectivity index (χ1n) is 30.7. The number of esters is 1. The number of ether oxygens (including phenoxy) is 3. The van der Waals surface area contributed by atoms with Gasteiger partial charge in [0.15, 0.2) is 12.4 Å². The number of hydrogen-bond acceptors (Lipinski definition) is 10. The van der Waals surface area contributed by atoms with Gasteiger partial charge in [-0.05, 0) is 89.9 Å². The third kappa shape index (κ3) is 40.0. The highest BCUT2D eigenvalue weighted by molar-refractivity contribution is 5.80. The lowest BCUT2D eigenvalue weighted by Gasteiger charge is -2.41. The van der Waals surface area contributed by atoms with E-state index < -0.39 is 67.4 Å². The normalized spacial score (nSPS) is 19.7. The van der Waals surface area contributed by atoms with Crippen molar-refractivity contribution in [2.75, 3.05) is 13.2 Å². The van der Waals surface area contributed by atoms with Gasteiger partial charge in [-0.2, -0.15) is 0 Å². The Bertz CT molecular complexity index is 1490. The number of unbranched alkanes of at least 4 members (excludes halogenated alkanes) is 27. The second-order valence-corrected chi connectivity index (χ2v) is 21.1. The summed E-state index contributed by atoms with van der Waals surface area (Å²) in [5.41, 5.74) is 0. The highest BCUT2D eigenvalue weighted by Gasteiger charge is 2.47. The second kappa shape index (κ2) is 51.8. The summed E-state index contributed by atoms with van der Waals surface area (Å²) in [6, 6.07) is -1.03. The van der Waals surface area contributed by atoms with Crippen LogP contribution in [0.3, 0.4) is 0 Å². The van der Waals surface area contributed by atoms with Crippen LogP contribution in [0.4, 0.5) is 0 Å². The van der Waals surface area contributed by atoms with Crippen molar-refractivity contribution in [1.82, 2.24) is 5.32 Å². The Labute approximate surface area is 458 Å². The minimum atomic E-state index is -1.62. The Kier molecular flexibility index (Phi) is 48.5. The number of carbonyl (C=O) groups is 2. The van der Waals surface area contributed by atoms with E-state index in [1.807, 2.05) is 6.08 Å². The van der Waals surface area contributed by atoms with E-state index in [0.717, 1.165) is 103 Å². The number of aliphatic hydroxyl groups is 5. The summed E-state index contributed by atoms with van der Waals surface area (Å²) in [5, 5.41) is 56.8. The molecule has 0 aromatic heterocycles. The summed E-state index contributed by atoms with van der Waals surface area (Å²) in [7, 11) is 0. The van der Waals surface area contributed by atoms with Crippen LogP contribution in [0.5, 0.6) is 0 Å². The van der Waals surface area contributed by atoms with Crippen molar-refractivity contribution in [2.45, 2.75) is 307 Å². The highest BCUT2D eigenvalue weighted by atomic mass is 16.7. The lowest BCUT2D eigenvalue weighted by Crippen LogP contribution is -2.61. The average molecular weight is 1060 g/mol. The molecule has 6 N–H and O–H groups in total. The minimum Gasteiger partial charge on any atom is -0.454 e. The largest absolute Gasteiger partial charge is 0.454 e. The molecule has 0 bridgehead atoms. The summed E-state index contributed by atoms with van der Waals surface area (Å²) >= 11 is 0. The second-order valence-electron chi connectivity index (χ2n) is 21.1. The SMILES string of the molecule is CCCC/C=C\CCCCCCC(O)C(=O)NC(COC1OC(CO)C(O)C(O)C1OC(=O)CCCCCCCCCCC/C=C\C/C=C\C/C=C\C/C=C\CCCCC)C(O)/C=C/CCCCCCCCCCC. The fourth-order valence-electron chi connectivity index (χ4n) is 9.14. The fraction of sp³-hybridized carbons (Fsp3) is 0.781. The van der Waals surface area contributed by atoms with Crippen molar-refractivity contribution >= 4 is 11.9 Å². The molecule has 1 fully saturated rings. The number of hydrogen-bond donors (Lipinski definition) is 6. The highest BCUT2D eigenvalue weighted by Crippen LogP contribution is 2.26. The van der Waals surface area contributed by atoms with Crippen molar-refractivity contribution < 1.29 is 49.3 Å². The zero-order chi connectivity index (χ0) is 54.7. The Morgan fingerprint density at radius 1 is 0.520 bits per heavy atom. The van der Waals surface area contributed by atoms with E-state index in [2.05, 4.69) is 86.8 Å². The van der Waals surface area contributed by atoms with Crippen LogP contribution in [0.15, 0.2) is 72.9 Å². The van der Waals surface area contributed by atoms with Crippen molar-refractivity contribution in [3.63, 3.8) is 0 Å². The van der Waals surface area contributed by atoms with E-state index in [9.17, 15) is 35.1 Å². The zero-order valence-corrected chi connectivity index (χ0v) is 47.9. The quantitative estimate of drug-likeness (QED) is 0.0195. The van der Waals surface area contributed by atoms with E-state index in [1.54, 1.807) is 6.08 Å². The number of rotatable bonds is 51. The van der Waals surface area contributed by atoms with Gasteiger partial charge >= 0.3 is 5.97 Å². The first-order valence-corrected chi connectivity index (χ1v) is 30.7. The lowest BCUT2D eigenvalue weighted by atomic mass is 9.99. The molecule has 0 saturated carbocycles. The van der Waals surface area contributed by atoms with Gasteiger partial charge in [-0.3, -0.25) is 9.59 Å². The maximum absolute atomic E-state index is 13.3. The smallest absolute Gasteiger partial charge is 0.306 e. The number of nitrogens with one attached hydrogen (secondary N) is 1. The van der Waals surface area contributed by atoms with Crippen LogP contribution in [-0.4, -0.2) is 99.6 Å². The monoisotopic (exact) mass is 1060 g/mol. The predicted octanol–water partition coefficient (Wildman–Crippen LogP) is 14.4. The number of carbonyl (C=O) groups excluding carboxylic acids is 2. The Balaban J connectivity index is 2.59. The van der Waals surface area contributed by atoms with E-state index in [0.29, 0.717) is 12.8 Å². The molecular weight excluding hydrogens is 943 g/mol. The van der Waals surface area contributed by atoms with Crippen LogP contribution in [0, 0.1) is 0 Å². The van der Waals surface area contributed by atoms with E-state index in [-0.39, 0.29) is 19.4 Å². The maximum Gasteiger partial charge on any atom is 0.306 e. The van der Waals surface area contributed by atoms with Gasteiger partial charge in [-0.25, -0.2) is 0 Å². The van der Waals surface area contributed by atoms with Crippen LogP contribution in [0.25, 0.3) is 0 Å². The summed E-state index contributed by atoms with van der Waals surface area (Å²) < 4.78 is 17.6. The molecule has 1 aliphatic heterocycles. The van der Waals surface area contributed by atoms with Gasteiger partial charge in [0.25, 0.3) is 0 Å². The maximum atomic E-state index is 13.3. The number of allylic oxidation sites excluding steroid dienone is 11. The molecule has 0 aromatic carbocycles. The third-order valence-electron chi connectivity index (χ3n) is 14.1. The average Bonchev–Trinajstić information content (AvgIpc) is 3.41. The van der Waals surface area contributed by atoms with Crippen LogP contribution in [0.2, 0.25) is 0 Å². The molecule has 0 radical (unpaired) electrons. The molecule has 1 saturated heterocycles. The third-order valence-corrected chi connectivity index (χ3v) is 14.1. The van der Waals surface area contributed by atoms with E-state index in [4.69, 9.17) is 14.2 Å². The van der Waals surface area contributed by atoms with Gasteiger partial charge in [-0.1, -0.05) is 235 Å². The number of aliphatic hydroxyl groups excluding tert-OH is 5. The summed E-state index contributed by atoms with van der Waals surface area (Å²) in [6.07, 6.45) is 55.3. The fourth-order valence-corrected chi connectivity index (χ4v) is 9.14. The molecule has 11 nitrogen and oxygen atoms in total. The lowest BCUT2D eigenvalue weighted by molar-refractivity contribution is -0.305. The molecule has 0 aromatic rings. The topological polar surface area (TPSA) is 175 Å². The van der Waals surface area contributed by atoms with E-state index >= 15 is 0 Å². The Hall–Kier alpha value is -2.90. The Morgan fingerprint density at radius 3 is 1.45 bits per heavy atom. The van der Waals surface area contributed by atoms with Crippen molar-refractivity contribution in [2.24, 2.45) is 0 Å². The molecule has 1 aliphatic rings. The first kappa shape index (κ1) is 70.1. The van der Waals surface area contributed by atoms with Crippen LogP contribution in [-0.2, 0) is 23.8 Å². The van der Waals surface area contributed by atoms with Gasteiger partial charge in [0.1, 0.15) is 24.4 Å². The van der Waals surface area contributed by atoms with E-state index in [1.165, 1.54) is 109 Å². The van der Waals surface area contributed by atoms with Gasteiger partial charge in [-0.15, -0.1) is 0 Å². The first-order chi connectivity index (χ1) is 36.7. The van der Waals surface area contributed by atoms with Crippen LogP contribution in [0.1, 0.15) is 258 Å². The molecule has 8 unspecified atom stereocenters. The Morgan fingerprint density at radius 2 is 0.933 bits per heavy atom. The predicted molar refractivity (Wildman–Crippen MR) is 310 cm³/mol. The van der Waals surface area contributed by atoms with Gasteiger partial charge in [0.05, 0.1) is 25.4 Å². The van der Waals surface area contributed by atoms with Gasteiger partial charge in [0, 0.05) is 6.42 Å². The molecule has 8 atom stereocenters. The molecular formula is C64H113NO10. The molecule has 0 spiro atoms.